The summed E-state index contributed by atoms with van der Waals surface area (Å²) in [6.45, 7) is 3.64. The molecule has 1 aliphatic rings. The SMILES string of the molecule is CN=C(NCc1nccn1Cc1ccccc1)NCC1CC(=O)N(CCc2ccccc2)C1.I. The Bertz CT molecular complexity index is 1050. The van der Waals surface area contributed by atoms with E-state index in [-0.39, 0.29) is 35.8 Å². The minimum absolute atomic E-state index is 0. The predicted molar refractivity (Wildman–Crippen MR) is 146 cm³/mol. The Morgan fingerprint density at radius 2 is 1.76 bits per heavy atom. The van der Waals surface area contributed by atoms with Gasteiger partial charge in [0.2, 0.25) is 5.91 Å². The van der Waals surface area contributed by atoms with Crippen molar-refractivity contribution in [2.75, 3.05) is 26.7 Å². The molecule has 2 N–H and O–H groups in total. The van der Waals surface area contributed by atoms with Crippen molar-refractivity contribution in [1.82, 2.24) is 25.1 Å². The van der Waals surface area contributed by atoms with Gasteiger partial charge >= 0.3 is 0 Å². The summed E-state index contributed by atoms with van der Waals surface area (Å²) in [5.74, 6) is 2.19. The molecule has 2 heterocycles. The monoisotopic (exact) mass is 572 g/mol. The first-order valence-electron chi connectivity index (χ1n) is 11.5. The molecule has 1 aliphatic heterocycles. The van der Waals surface area contributed by atoms with Crippen LogP contribution in [0.2, 0.25) is 0 Å². The van der Waals surface area contributed by atoms with Crippen LogP contribution >= 0.6 is 24.0 Å². The van der Waals surface area contributed by atoms with Crippen molar-refractivity contribution >= 4 is 35.8 Å². The fourth-order valence-corrected chi connectivity index (χ4v) is 4.17. The lowest BCUT2D eigenvalue weighted by molar-refractivity contribution is -0.127. The van der Waals surface area contributed by atoms with E-state index in [4.69, 9.17) is 0 Å². The Kier molecular flexibility index (Phi) is 9.93. The van der Waals surface area contributed by atoms with E-state index in [1.807, 2.05) is 53.7 Å². The van der Waals surface area contributed by atoms with Crippen LogP contribution in [-0.4, -0.2) is 53.0 Å². The zero-order chi connectivity index (χ0) is 22.9. The molecule has 180 valence electrons. The average molecular weight is 572 g/mol. The third-order valence-electron chi connectivity index (χ3n) is 6.00. The highest BCUT2D eigenvalue weighted by Crippen LogP contribution is 2.17. The van der Waals surface area contributed by atoms with Gasteiger partial charge in [-0.25, -0.2) is 4.98 Å². The van der Waals surface area contributed by atoms with Gasteiger partial charge in [-0.05, 0) is 17.5 Å². The van der Waals surface area contributed by atoms with Gasteiger partial charge in [0.05, 0.1) is 6.54 Å². The van der Waals surface area contributed by atoms with Gasteiger partial charge in [0, 0.05) is 58.0 Å². The minimum atomic E-state index is 0. The maximum absolute atomic E-state index is 12.4. The van der Waals surface area contributed by atoms with E-state index in [1.165, 1.54) is 11.1 Å². The van der Waals surface area contributed by atoms with Gasteiger partial charge in [0.15, 0.2) is 5.96 Å². The summed E-state index contributed by atoms with van der Waals surface area (Å²) < 4.78 is 2.13. The smallest absolute Gasteiger partial charge is 0.223 e. The molecular weight excluding hydrogens is 539 g/mol. The maximum Gasteiger partial charge on any atom is 0.223 e. The molecule has 1 unspecified atom stereocenters. The van der Waals surface area contributed by atoms with Crippen LogP contribution in [-0.2, 0) is 24.3 Å². The van der Waals surface area contributed by atoms with Crippen LogP contribution in [0.5, 0.6) is 0 Å². The van der Waals surface area contributed by atoms with Crippen LogP contribution in [0, 0.1) is 5.92 Å². The summed E-state index contributed by atoms with van der Waals surface area (Å²) in [4.78, 5) is 23.2. The first kappa shape index (κ1) is 25.7. The number of carbonyl (C=O) groups excluding carboxylic acids is 1. The van der Waals surface area contributed by atoms with E-state index in [0.717, 1.165) is 37.8 Å². The molecule has 4 rings (SSSR count). The Morgan fingerprint density at radius 1 is 1.06 bits per heavy atom. The lowest BCUT2D eigenvalue weighted by Gasteiger charge is -2.18. The highest BCUT2D eigenvalue weighted by Gasteiger charge is 2.29. The number of hydrogen-bond acceptors (Lipinski definition) is 3. The molecule has 0 bridgehead atoms. The number of aliphatic imine (C=N–C) groups is 1. The van der Waals surface area contributed by atoms with E-state index in [2.05, 4.69) is 49.4 Å². The van der Waals surface area contributed by atoms with Crippen molar-refractivity contribution in [3.63, 3.8) is 0 Å². The quantitative estimate of drug-likeness (QED) is 0.235. The molecular formula is C26H33IN6O. The average Bonchev–Trinajstić information content (AvgIpc) is 3.44. The van der Waals surface area contributed by atoms with Gasteiger partial charge in [0.1, 0.15) is 5.82 Å². The summed E-state index contributed by atoms with van der Waals surface area (Å²) in [5, 5.41) is 6.73. The molecule has 1 saturated heterocycles. The molecule has 1 fully saturated rings. The van der Waals surface area contributed by atoms with E-state index in [1.54, 1.807) is 7.05 Å². The van der Waals surface area contributed by atoms with E-state index >= 15 is 0 Å². The molecule has 0 spiro atoms. The molecule has 2 aromatic carbocycles. The summed E-state index contributed by atoms with van der Waals surface area (Å²) in [6.07, 6.45) is 5.30. The highest BCUT2D eigenvalue weighted by molar-refractivity contribution is 14.0. The van der Waals surface area contributed by atoms with Gasteiger partial charge in [-0.1, -0.05) is 60.7 Å². The number of amides is 1. The van der Waals surface area contributed by atoms with Crippen LogP contribution in [0.4, 0.5) is 0 Å². The lowest BCUT2D eigenvalue weighted by Crippen LogP contribution is -2.40. The Morgan fingerprint density at radius 3 is 2.47 bits per heavy atom. The molecule has 0 saturated carbocycles. The Labute approximate surface area is 218 Å². The second-order valence-corrected chi connectivity index (χ2v) is 8.41. The van der Waals surface area contributed by atoms with Gasteiger partial charge < -0.3 is 20.1 Å². The number of nitrogens with one attached hydrogen (secondary N) is 2. The number of nitrogens with zero attached hydrogens (tertiary/aromatic N) is 4. The molecule has 8 heteroatoms. The van der Waals surface area contributed by atoms with Crippen molar-refractivity contribution in [1.29, 1.82) is 0 Å². The highest BCUT2D eigenvalue weighted by atomic mass is 127. The standard InChI is InChI=1S/C26H32N6O.HI/c1-27-26(30-18-24-28-13-15-31(24)19-22-10-6-3-7-11-22)29-17-23-16-25(33)32(20-23)14-12-21-8-4-2-5-9-21;/h2-11,13,15,23H,12,14,16-20H2,1H3,(H2,27,29,30);1H. The minimum Gasteiger partial charge on any atom is -0.356 e. The number of guanidine groups is 1. The topological polar surface area (TPSA) is 74.5 Å². The zero-order valence-corrected chi connectivity index (χ0v) is 21.9. The van der Waals surface area contributed by atoms with E-state index in [9.17, 15) is 4.79 Å². The number of benzene rings is 2. The van der Waals surface area contributed by atoms with E-state index in [0.29, 0.717) is 19.5 Å². The first-order chi connectivity index (χ1) is 16.2. The van der Waals surface area contributed by atoms with Crippen LogP contribution in [0.15, 0.2) is 78.0 Å². The molecule has 0 radical (unpaired) electrons. The molecule has 3 aromatic rings. The lowest BCUT2D eigenvalue weighted by atomic mass is 10.1. The van der Waals surface area contributed by atoms with Crippen molar-refractivity contribution < 1.29 is 4.79 Å². The molecule has 1 aromatic heterocycles. The van der Waals surface area contributed by atoms with Crippen molar-refractivity contribution in [3.05, 3.63) is 90.0 Å². The van der Waals surface area contributed by atoms with Crippen LogP contribution < -0.4 is 10.6 Å². The third-order valence-corrected chi connectivity index (χ3v) is 6.00. The van der Waals surface area contributed by atoms with Crippen molar-refractivity contribution in [2.24, 2.45) is 10.9 Å². The van der Waals surface area contributed by atoms with Crippen molar-refractivity contribution in [3.8, 4) is 0 Å². The Balaban J connectivity index is 0.00000324. The number of halogens is 1. The van der Waals surface area contributed by atoms with Gasteiger partial charge in [0.25, 0.3) is 0 Å². The fraction of sp³-hybridized carbons (Fsp3) is 0.346. The number of imidazole rings is 1. The Hall–Kier alpha value is -2.88. The number of aromatic nitrogens is 2. The normalized spacial score (nSPS) is 15.8. The summed E-state index contributed by atoms with van der Waals surface area (Å²) in [6, 6.07) is 20.7. The molecule has 0 aliphatic carbocycles. The van der Waals surface area contributed by atoms with Crippen LogP contribution in [0.25, 0.3) is 0 Å². The fourth-order valence-electron chi connectivity index (χ4n) is 4.17. The van der Waals surface area contributed by atoms with Crippen LogP contribution in [0.1, 0.15) is 23.4 Å². The van der Waals surface area contributed by atoms with E-state index < -0.39 is 0 Å². The zero-order valence-electron chi connectivity index (χ0n) is 19.6. The first-order valence-corrected chi connectivity index (χ1v) is 11.5. The molecule has 34 heavy (non-hydrogen) atoms. The molecule has 1 atom stereocenters. The van der Waals surface area contributed by atoms with Crippen LogP contribution in [0.3, 0.4) is 0 Å². The molecule has 7 nitrogen and oxygen atoms in total. The summed E-state index contributed by atoms with van der Waals surface area (Å²) >= 11 is 0. The van der Waals surface area contributed by atoms with Gasteiger partial charge in [-0.3, -0.25) is 9.79 Å². The largest absolute Gasteiger partial charge is 0.356 e. The second-order valence-electron chi connectivity index (χ2n) is 8.41. The summed E-state index contributed by atoms with van der Waals surface area (Å²) in [5.41, 5.74) is 2.50. The molecule has 1 amide bonds. The van der Waals surface area contributed by atoms with Crippen molar-refractivity contribution in [2.45, 2.75) is 25.9 Å². The maximum atomic E-state index is 12.4. The number of carbonyl (C=O) groups is 1. The number of rotatable bonds is 9. The number of likely N-dealkylation sites (tertiary alicyclic amines) is 1. The third kappa shape index (κ3) is 7.31. The summed E-state index contributed by atoms with van der Waals surface area (Å²) in [7, 11) is 1.76. The predicted octanol–water partition coefficient (Wildman–Crippen LogP) is 3.31. The number of hydrogen-bond donors (Lipinski definition) is 2. The van der Waals surface area contributed by atoms with Gasteiger partial charge in [-0.15, -0.1) is 24.0 Å². The second kappa shape index (κ2) is 13.1. The van der Waals surface area contributed by atoms with Gasteiger partial charge in [-0.2, -0.15) is 0 Å².